The summed E-state index contributed by atoms with van der Waals surface area (Å²) >= 11 is 0. The van der Waals surface area contributed by atoms with Crippen LogP contribution in [0.25, 0.3) is 0 Å². The Morgan fingerprint density at radius 3 is 2.00 bits per heavy atom. The summed E-state index contributed by atoms with van der Waals surface area (Å²) in [6, 6.07) is 7.42. The van der Waals surface area contributed by atoms with E-state index in [1.165, 1.54) is 70.6 Å². The molecule has 1 aromatic rings. The van der Waals surface area contributed by atoms with Crippen molar-refractivity contribution < 1.29 is 9.59 Å². The van der Waals surface area contributed by atoms with Crippen LogP contribution in [0.3, 0.4) is 0 Å². The Kier molecular flexibility index (Phi) is 13.0. The fraction of sp³-hybridized carbons (Fsp3) is 0.704. The van der Waals surface area contributed by atoms with Crippen LogP contribution in [0.15, 0.2) is 24.3 Å². The van der Waals surface area contributed by atoms with Gasteiger partial charge in [0.2, 0.25) is 5.91 Å². The molecule has 31 heavy (non-hydrogen) atoms. The van der Waals surface area contributed by atoms with E-state index < -0.39 is 0 Å². The smallest absolute Gasteiger partial charge is 0.253 e. The number of hydrogen-bond acceptors (Lipinski definition) is 2. The summed E-state index contributed by atoms with van der Waals surface area (Å²) in [7, 11) is 0. The first kappa shape index (κ1) is 25.4. The van der Waals surface area contributed by atoms with Crippen molar-refractivity contribution in [1.82, 2.24) is 4.90 Å². The summed E-state index contributed by atoms with van der Waals surface area (Å²) in [5, 5.41) is 2.98. The number of anilines is 1. The van der Waals surface area contributed by atoms with Gasteiger partial charge in [-0.15, -0.1) is 0 Å². The Hall–Kier alpha value is -1.84. The van der Waals surface area contributed by atoms with Gasteiger partial charge in [0.05, 0.1) is 0 Å². The summed E-state index contributed by atoms with van der Waals surface area (Å²) in [5.74, 6) is 0.138. The van der Waals surface area contributed by atoms with Crippen molar-refractivity contribution in [3.63, 3.8) is 0 Å². The van der Waals surface area contributed by atoms with E-state index in [2.05, 4.69) is 12.2 Å². The van der Waals surface area contributed by atoms with E-state index in [4.69, 9.17) is 0 Å². The first-order chi connectivity index (χ1) is 15.2. The van der Waals surface area contributed by atoms with Crippen LogP contribution >= 0.6 is 0 Å². The molecule has 2 rings (SSSR count). The van der Waals surface area contributed by atoms with Crippen molar-refractivity contribution in [2.75, 3.05) is 18.4 Å². The predicted octanol–water partition coefficient (Wildman–Crippen LogP) is 7.34. The Morgan fingerprint density at radius 2 is 1.39 bits per heavy atom. The number of rotatable bonds is 14. The van der Waals surface area contributed by atoms with Gasteiger partial charge in [0.25, 0.3) is 5.91 Å². The van der Waals surface area contributed by atoms with Crippen molar-refractivity contribution in [1.29, 1.82) is 0 Å². The van der Waals surface area contributed by atoms with Crippen LogP contribution in [-0.2, 0) is 4.79 Å². The summed E-state index contributed by atoms with van der Waals surface area (Å²) in [5.41, 5.74) is 1.41. The molecule has 174 valence electrons. The summed E-state index contributed by atoms with van der Waals surface area (Å²) in [4.78, 5) is 27.0. The van der Waals surface area contributed by atoms with E-state index in [0.29, 0.717) is 12.0 Å². The van der Waals surface area contributed by atoms with Gasteiger partial charge >= 0.3 is 0 Å². The number of carbonyl (C=O) groups is 2. The zero-order valence-corrected chi connectivity index (χ0v) is 19.8. The molecular weight excluding hydrogens is 384 g/mol. The summed E-state index contributed by atoms with van der Waals surface area (Å²) in [6.45, 7) is 3.94. The standard InChI is InChI=1S/C27H44N2O2/c1-2-3-4-5-6-7-8-9-10-11-14-20-26(30)28-25-19-17-18-24(23-25)27(31)29-21-15-12-13-16-22-29/h17-19,23H,2-16,20-22H2,1H3,(H,28,30). The predicted molar refractivity (Wildman–Crippen MR) is 131 cm³/mol. The van der Waals surface area contributed by atoms with Crippen LogP contribution in [-0.4, -0.2) is 29.8 Å². The van der Waals surface area contributed by atoms with Gasteiger partial charge in [0.15, 0.2) is 0 Å². The first-order valence-electron chi connectivity index (χ1n) is 12.9. The third-order valence-corrected chi connectivity index (χ3v) is 6.29. The number of nitrogens with one attached hydrogen (secondary N) is 1. The highest BCUT2D eigenvalue weighted by Crippen LogP contribution is 2.17. The van der Waals surface area contributed by atoms with Crippen LogP contribution < -0.4 is 5.32 Å². The highest BCUT2D eigenvalue weighted by molar-refractivity contribution is 5.97. The molecule has 1 N–H and O–H groups in total. The van der Waals surface area contributed by atoms with E-state index >= 15 is 0 Å². The van der Waals surface area contributed by atoms with Gasteiger partial charge in [-0.1, -0.05) is 90.0 Å². The van der Waals surface area contributed by atoms with Crippen molar-refractivity contribution in [3.05, 3.63) is 29.8 Å². The van der Waals surface area contributed by atoms with E-state index in [1.54, 1.807) is 0 Å². The minimum absolute atomic E-state index is 0.0512. The number of amides is 2. The van der Waals surface area contributed by atoms with Crippen molar-refractivity contribution in [2.45, 2.75) is 110 Å². The minimum atomic E-state index is 0.0512. The Balaban J connectivity index is 1.59. The molecule has 0 aliphatic carbocycles. The van der Waals surface area contributed by atoms with Gasteiger partial charge in [0, 0.05) is 30.8 Å². The topological polar surface area (TPSA) is 49.4 Å². The molecule has 0 atom stereocenters. The van der Waals surface area contributed by atoms with E-state index in [1.807, 2.05) is 29.2 Å². The molecule has 1 heterocycles. The SMILES string of the molecule is CCCCCCCCCCCCCC(=O)Nc1cccc(C(=O)N2CCCCCC2)c1. The Labute approximate surface area is 190 Å². The lowest BCUT2D eigenvalue weighted by atomic mass is 10.1. The quantitative estimate of drug-likeness (QED) is 0.315. The number of unbranched alkanes of at least 4 members (excludes halogenated alkanes) is 10. The third kappa shape index (κ3) is 10.8. The van der Waals surface area contributed by atoms with Gasteiger partial charge in [-0.2, -0.15) is 0 Å². The molecule has 1 fully saturated rings. The Bertz CT molecular complexity index is 636. The number of hydrogen-bond donors (Lipinski definition) is 1. The number of likely N-dealkylation sites (tertiary alicyclic amines) is 1. The van der Waals surface area contributed by atoms with Crippen molar-refractivity contribution in [3.8, 4) is 0 Å². The van der Waals surface area contributed by atoms with Crippen LogP contribution in [0.2, 0.25) is 0 Å². The van der Waals surface area contributed by atoms with Crippen molar-refractivity contribution >= 4 is 17.5 Å². The number of benzene rings is 1. The van der Waals surface area contributed by atoms with Gasteiger partial charge in [-0.05, 0) is 37.5 Å². The van der Waals surface area contributed by atoms with E-state index in [0.717, 1.165) is 44.5 Å². The fourth-order valence-corrected chi connectivity index (χ4v) is 4.36. The summed E-state index contributed by atoms with van der Waals surface area (Å²) < 4.78 is 0. The highest BCUT2D eigenvalue weighted by atomic mass is 16.2. The second-order valence-corrected chi connectivity index (χ2v) is 9.12. The van der Waals surface area contributed by atoms with Gasteiger partial charge in [-0.3, -0.25) is 9.59 Å². The molecule has 4 heteroatoms. The second-order valence-electron chi connectivity index (χ2n) is 9.12. The molecule has 0 unspecified atom stereocenters. The lowest BCUT2D eigenvalue weighted by molar-refractivity contribution is -0.116. The minimum Gasteiger partial charge on any atom is -0.339 e. The van der Waals surface area contributed by atoms with Crippen LogP contribution in [0.4, 0.5) is 5.69 Å². The zero-order valence-electron chi connectivity index (χ0n) is 19.8. The normalized spacial score (nSPS) is 14.3. The summed E-state index contributed by atoms with van der Waals surface area (Å²) in [6.07, 6.45) is 19.2. The van der Waals surface area contributed by atoms with Crippen molar-refractivity contribution in [2.24, 2.45) is 0 Å². The maximum absolute atomic E-state index is 12.8. The Morgan fingerprint density at radius 1 is 0.806 bits per heavy atom. The van der Waals surface area contributed by atoms with E-state index in [9.17, 15) is 9.59 Å². The molecule has 0 radical (unpaired) electrons. The lowest BCUT2D eigenvalue weighted by Crippen LogP contribution is -2.31. The van der Waals surface area contributed by atoms with Gasteiger partial charge in [0.1, 0.15) is 0 Å². The van der Waals surface area contributed by atoms with E-state index in [-0.39, 0.29) is 11.8 Å². The third-order valence-electron chi connectivity index (χ3n) is 6.29. The molecule has 1 saturated heterocycles. The van der Waals surface area contributed by atoms with Crippen LogP contribution in [0.1, 0.15) is 120 Å². The number of nitrogens with zero attached hydrogens (tertiary/aromatic N) is 1. The molecular formula is C27H44N2O2. The second kappa shape index (κ2) is 15.9. The molecule has 1 aliphatic rings. The molecule has 1 aromatic carbocycles. The molecule has 0 bridgehead atoms. The maximum atomic E-state index is 12.8. The lowest BCUT2D eigenvalue weighted by Gasteiger charge is -2.20. The molecule has 2 amide bonds. The largest absolute Gasteiger partial charge is 0.339 e. The fourth-order valence-electron chi connectivity index (χ4n) is 4.36. The zero-order chi connectivity index (χ0) is 22.2. The highest BCUT2D eigenvalue weighted by Gasteiger charge is 2.17. The average molecular weight is 429 g/mol. The average Bonchev–Trinajstić information content (AvgIpc) is 3.07. The maximum Gasteiger partial charge on any atom is 0.253 e. The monoisotopic (exact) mass is 428 g/mol. The van der Waals surface area contributed by atoms with Crippen LogP contribution in [0, 0.1) is 0 Å². The van der Waals surface area contributed by atoms with Gasteiger partial charge < -0.3 is 10.2 Å². The molecule has 0 spiro atoms. The molecule has 0 aromatic heterocycles. The molecule has 0 saturated carbocycles. The first-order valence-corrected chi connectivity index (χ1v) is 12.9. The van der Waals surface area contributed by atoms with Crippen LogP contribution in [0.5, 0.6) is 0 Å². The number of carbonyl (C=O) groups excluding carboxylic acids is 2. The van der Waals surface area contributed by atoms with Gasteiger partial charge in [-0.25, -0.2) is 0 Å². The molecule has 4 nitrogen and oxygen atoms in total. The molecule has 1 aliphatic heterocycles.